The molecule has 5 nitrogen and oxygen atoms in total. The van der Waals surface area contributed by atoms with Crippen LogP contribution in [0.15, 0.2) is 48.5 Å². The first kappa shape index (κ1) is 21.6. The topological polar surface area (TPSA) is 47.6 Å². The van der Waals surface area contributed by atoms with E-state index in [-0.39, 0.29) is 11.8 Å². The molecular formula is C22H27ClN4OS. The Balaban J connectivity index is 1.49. The molecule has 1 aliphatic heterocycles. The van der Waals surface area contributed by atoms with E-state index in [1.54, 1.807) is 0 Å². The molecule has 0 spiro atoms. The zero-order valence-electron chi connectivity index (χ0n) is 16.8. The fourth-order valence-corrected chi connectivity index (χ4v) is 3.62. The molecule has 1 heterocycles. The molecule has 2 aromatic carbocycles. The van der Waals surface area contributed by atoms with Gasteiger partial charge in [0.25, 0.3) is 0 Å². The van der Waals surface area contributed by atoms with Gasteiger partial charge in [-0.3, -0.25) is 9.69 Å². The lowest BCUT2D eigenvalue weighted by Gasteiger charge is -2.36. The first-order valence-electron chi connectivity index (χ1n) is 9.85. The normalized spacial score (nSPS) is 14.7. The van der Waals surface area contributed by atoms with Crippen LogP contribution in [0.25, 0.3) is 0 Å². The lowest BCUT2D eigenvalue weighted by Crippen LogP contribution is -2.46. The SMILES string of the molecule is CC(C)C(=O)NC(=S)Nc1ccc(N2CCN(Cc3ccccc3Cl)CC2)cc1. The van der Waals surface area contributed by atoms with Gasteiger partial charge in [-0.05, 0) is 48.1 Å². The van der Waals surface area contributed by atoms with Crippen LogP contribution in [0.1, 0.15) is 19.4 Å². The summed E-state index contributed by atoms with van der Waals surface area (Å²) in [6.07, 6.45) is 0. The summed E-state index contributed by atoms with van der Waals surface area (Å²) in [4.78, 5) is 16.5. The smallest absolute Gasteiger partial charge is 0.228 e. The molecule has 0 saturated carbocycles. The summed E-state index contributed by atoms with van der Waals surface area (Å²) < 4.78 is 0. The highest BCUT2D eigenvalue weighted by atomic mass is 35.5. The molecule has 1 amide bonds. The van der Waals surface area contributed by atoms with E-state index in [9.17, 15) is 4.79 Å². The number of nitrogens with zero attached hydrogens (tertiary/aromatic N) is 2. The summed E-state index contributed by atoms with van der Waals surface area (Å²) >= 11 is 11.5. The largest absolute Gasteiger partial charge is 0.369 e. The molecule has 0 unspecified atom stereocenters. The van der Waals surface area contributed by atoms with Crippen LogP contribution in [0.4, 0.5) is 11.4 Å². The van der Waals surface area contributed by atoms with Crippen molar-refractivity contribution in [3.05, 3.63) is 59.1 Å². The molecule has 154 valence electrons. The van der Waals surface area contributed by atoms with Gasteiger partial charge in [-0.1, -0.05) is 43.6 Å². The summed E-state index contributed by atoms with van der Waals surface area (Å²) in [5.74, 6) is -0.192. The summed E-state index contributed by atoms with van der Waals surface area (Å²) in [5.41, 5.74) is 3.23. The third kappa shape index (κ3) is 6.16. The molecule has 1 fully saturated rings. The summed E-state index contributed by atoms with van der Waals surface area (Å²) in [6.45, 7) is 8.49. The number of thiocarbonyl (C=S) groups is 1. The van der Waals surface area contributed by atoms with Gasteiger partial charge in [0.1, 0.15) is 0 Å². The molecule has 29 heavy (non-hydrogen) atoms. The van der Waals surface area contributed by atoms with E-state index in [0.29, 0.717) is 5.11 Å². The van der Waals surface area contributed by atoms with Crippen LogP contribution in [0, 0.1) is 5.92 Å². The number of carbonyl (C=O) groups is 1. The number of amides is 1. The lowest BCUT2D eigenvalue weighted by molar-refractivity contribution is -0.122. The number of halogens is 1. The molecule has 0 atom stereocenters. The van der Waals surface area contributed by atoms with Crippen molar-refractivity contribution in [3.63, 3.8) is 0 Å². The maximum Gasteiger partial charge on any atom is 0.228 e. The zero-order chi connectivity index (χ0) is 20.8. The third-order valence-electron chi connectivity index (χ3n) is 4.98. The van der Waals surface area contributed by atoms with Crippen LogP contribution in [0.2, 0.25) is 5.02 Å². The van der Waals surface area contributed by atoms with E-state index >= 15 is 0 Å². The molecule has 2 N–H and O–H groups in total. The Kier molecular flexibility index (Phi) is 7.47. The number of benzene rings is 2. The van der Waals surface area contributed by atoms with Crippen molar-refractivity contribution in [3.8, 4) is 0 Å². The number of carbonyl (C=O) groups excluding carboxylic acids is 1. The number of rotatable bonds is 5. The number of hydrogen-bond acceptors (Lipinski definition) is 4. The van der Waals surface area contributed by atoms with E-state index in [0.717, 1.165) is 43.4 Å². The molecule has 7 heteroatoms. The van der Waals surface area contributed by atoms with Crippen molar-refractivity contribution >= 4 is 46.2 Å². The van der Waals surface area contributed by atoms with E-state index in [1.165, 1.54) is 11.3 Å². The number of piperazine rings is 1. The second kappa shape index (κ2) is 10.1. The monoisotopic (exact) mass is 430 g/mol. The van der Waals surface area contributed by atoms with Crippen molar-refractivity contribution in [1.82, 2.24) is 10.2 Å². The minimum absolute atomic E-state index is 0.0891. The van der Waals surface area contributed by atoms with Crippen LogP contribution in [-0.2, 0) is 11.3 Å². The molecular weight excluding hydrogens is 404 g/mol. The van der Waals surface area contributed by atoms with E-state index < -0.39 is 0 Å². The van der Waals surface area contributed by atoms with Crippen molar-refractivity contribution in [2.45, 2.75) is 20.4 Å². The quantitative estimate of drug-likeness (QED) is 0.698. The zero-order valence-corrected chi connectivity index (χ0v) is 18.4. The predicted octanol–water partition coefficient (Wildman–Crippen LogP) is 4.13. The molecule has 0 bridgehead atoms. The second-order valence-electron chi connectivity index (χ2n) is 7.50. The van der Waals surface area contributed by atoms with Crippen molar-refractivity contribution < 1.29 is 4.79 Å². The van der Waals surface area contributed by atoms with E-state index in [1.807, 2.05) is 44.2 Å². The summed E-state index contributed by atoms with van der Waals surface area (Å²) in [6, 6.07) is 16.2. The van der Waals surface area contributed by atoms with Gasteiger partial charge in [0, 0.05) is 55.0 Å². The number of hydrogen-bond donors (Lipinski definition) is 2. The van der Waals surface area contributed by atoms with Gasteiger partial charge in [0.15, 0.2) is 5.11 Å². The van der Waals surface area contributed by atoms with Gasteiger partial charge >= 0.3 is 0 Å². The van der Waals surface area contributed by atoms with Gasteiger partial charge in [-0.15, -0.1) is 0 Å². The lowest BCUT2D eigenvalue weighted by atomic mass is 10.2. The molecule has 1 saturated heterocycles. The first-order chi connectivity index (χ1) is 13.9. The van der Waals surface area contributed by atoms with Crippen molar-refractivity contribution in [1.29, 1.82) is 0 Å². The predicted molar refractivity (Wildman–Crippen MR) is 125 cm³/mol. The molecule has 0 aliphatic carbocycles. The Labute approximate surface area is 183 Å². The van der Waals surface area contributed by atoms with Crippen molar-refractivity contribution in [2.75, 3.05) is 36.4 Å². The Hall–Kier alpha value is -2.15. The molecule has 0 aromatic heterocycles. The Morgan fingerprint density at radius 3 is 2.34 bits per heavy atom. The van der Waals surface area contributed by atoms with Gasteiger partial charge in [-0.25, -0.2) is 0 Å². The minimum atomic E-state index is -0.103. The fraction of sp³-hybridized carbons (Fsp3) is 0.364. The molecule has 2 aromatic rings. The van der Waals surface area contributed by atoms with Gasteiger partial charge in [0.05, 0.1) is 0 Å². The third-order valence-corrected chi connectivity index (χ3v) is 5.55. The van der Waals surface area contributed by atoms with Crippen molar-refractivity contribution in [2.24, 2.45) is 5.92 Å². The van der Waals surface area contributed by atoms with Gasteiger partial charge < -0.3 is 15.5 Å². The Morgan fingerprint density at radius 2 is 1.72 bits per heavy atom. The first-order valence-corrected chi connectivity index (χ1v) is 10.6. The average molecular weight is 431 g/mol. The van der Waals surface area contributed by atoms with Gasteiger partial charge in [-0.2, -0.15) is 0 Å². The summed E-state index contributed by atoms with van der Waals surface area (Å²) in [7, 11) is 0. The highest BCUT2D eigenvalue weighted by Crippen LogP contribution is 2.22. The van der Waals surface area contributed by atoms with E-state index in [4.69, 9.17) is 23.8 Å². The Morgan fingerprint density at radius 1 is 1.07 bits per heavy atom. The summed E-state index contributed by atoms with van der Waals surface area (Å²) in [5, 5.41) is 6.91. The standard InChI is InChI=1S/C22H27ClN4OS/c1-16(2)21(28)25-22(29)24-18-7-9-19(10-8-18)27-13-11-26(12-14-27)15-17-5-3-4-6-20(17)23/h3-10,16H,11-15H2,1-2H3,(H2,24,25,28,29). The highest BCUT2D eigenvalue weighted by Gasteiger charge is 2.18. The van der Waals surface area contributed by atoms with Crippen LogP contribution >= 0.6 is 23.8 Å². The van der Waals surface area contributed by atoms with E-state index in [2.05, 4.69) is 38.6 Å². The number of anilines is 2. The maximum absolute atomic E-state index is 11.7. The highest BCUT2D eigenvalue weighted by molar-refractivity contribution is 7.80. The average Bonchev–Trinajstić information content (AvgIpc) is 2.71. The second-order valence-corrected chi connectivity index (χ2v) is 8.32. The molecule has 3 rings (SSSR count). The Bertz CT molecular complexity index is 848. The van der Waals surface area contributed by atoms with Crippen LogP contribution in [0.5, 0.6) is 0 Å². The fourth-order valence-electron chi connectivity index (χ4n) is 3.21. The van der Waals surface area contributed by atoms with Crippen LogP contribution in [-0.4, -0.2) is 42.1 Å². The molecule has 1 aliphatic rings. The number of nitrogens with one attached hydrogen (secondary N) is 2. The maximum atomic E-state index is 11.7. The van der Waals surface area contributed by atoms with Gasteiger partial charge in [0.2, 0.25) is 5.91 Å². The van der Waals surface area contributed by atoms with Crippen LogP contribution in [0.3, 0.4) is 0 Å². The molecule has 0 radical (unpaired) electrons. The van der Waals surface area contributed by atoms with Crippen LogP contribution < -0.4 is 15.5 Å². The minimum Gasteiger partial charge on any atom is -0.369 e.